The Morgan fingerprint density at radius 2 is 1.86 bits per heavy atom. The van der Waals surface area contributed by atoms with E-state index in [0.717, 1.165) is 24.8 Å². The highest BCUT2D eigenvalue weighted by Crippen LogP contribution is 2.39. The molecule has 0 saturated carbocycles. The van der Waals surface area contributed by atoms with E-state index in [2.05, 4.69) is 10.6 Å². The number of likely N-dealkylation sites (tertiary alicyclic amines) is 1. The highest BCUT2D eigenvalue weighted by Gasteiger charge is 2.40. The maximum absolute atomic E-state index is 13.8. The zero-order valence-electron chi connectivity index (χ0n) is 20.5. The van der Waals surface area contributed by atoms with Gasteiger partial charge in [-0.15, -0.1) is 11.6 Å². The summed E-state index contributed by atoms with van der Waals surface area (Å²) in [5, 5.41) is 5.87. The largest absolute Gasteiger partial charge is 0.359 e. The van der Waals surface area contributed by atoms with E-state index in [-0.39, 0.29) is 41.0 Å². The number of alkyl halides is 1. The normalized spacial score (nSPS) is 23.4. The second-order valence-corrected chi connectivity index (χ2v) is 10.5. The van der Waals surface area contributed by atoms with Gasteiger partial charge >= 0.3 is 0 Å². The van der Waals surface area contributed by atoms with Crippen molar-refractivity contribution >= 4 is 46.6 Å². The summed E-state index contributed by atoms with van der Waals surface area (Å²) in [5.74, 6) is -0.0491. The zero-order valence-corrected chi connectivity index (χ0v) is 22.0. The number of fused-ring (bicyclic) bond motifs is 1. The number of carbonyl (C=O) groups excluding carboxylic acids is 3. The summed E-state index contributed by atoms with van der Waals surface area (Å²) in [6.45, 7) is 2.49. The monoisotopic (exact) mass is 527 g/mol. The Morgan fingerprint density at radius 3 is 2.58 bits per heavy atom. The zero-order chi connectivity index (χ0) is 25.8. The second kappa shape index (κ2) is 11.5. The van der Waals surface area contributed by atoms with E-state index in [4.69, 9.17) is 23.2 Å². The maximum Gasteiger partial charge on any atom is 0.257 e. The van der Waals surface area contributed by atoms with Crippen molar-refractivity contribution in [3.05, 3.63) is 76.3 Å². The number of nitrogens with zero attached hydrogens (tertiary/aromatic N) is 1. The van der Waals surface area contributed by atoms with Gasteiger partial charge in [-0.1, -0.05) is 35.9 Å². The van der Waals surface area contributed by atoms with Crippen LogP contribution in [0.2, 0.25) is 5.02 Å². The minimum absolute atomic E-state index is 0.0180. The van der Waals surface area contributed by atoms with Crippen LogP contribution in [0.1, 0.15) is 52.0 Å². The fourth-order valence-corrected chi connectivity index (χ4v) is 5.87. The van der Waals surface area contributed by atoms with E-state index in [1.54, 1.807) is 49.5 Å². The maximum atomic E-state index is 13.8. The first-order chi connectivity index (χ1) is 17.3. The first-order valence-corrected chi connectivity index (χ1v) is 13.1. The summed E-state index contributed by atoms with van der Waals surface area (Å²) in [5.41, 5.74) is 2.35. The Kier molecular flexibility index (Phi) is 8.37. The number of amides is 3. The molecule has 1 saturated heterocycles. The Labute approximate surface area is 222 Å². The van der Waals surface area contributed by atoms with Crippen LogP contribution < -0.4 is 10.6 Å². The number of anilines is 1. The molecule has 2 aromatic carbocycles. The molecule has 6 nitrogen and oxygen atoms in total. The summed E-state index contributed by atoms with van der Waals surface area (Å²) in [6, 6.07) is 12.1. The molecular weight excluding hydrogens is 497 g/mol. The third-order valence-corrected chi connectivity index (χ3v) is 7.87. The van der Waals surface area contributed by atoms with Crippen molar-refractivity contribution in [2.75, 3.05) is 18.9 Å². The minimum atomic E-state index is -0.306. The summed E-state index contributed by atoms with van der Waals surface area (Å²) in [6.07, 6.45) is 6.88. The van der Waals surface area contributed by atoms with Gasteiger partial charge in [0.05, 0.1) is 22.0 Å². The van der Waals surface area contributed by atoms with Crippen LogP contribution in [0, 0.1) is 18.8 Å². The fourth-order valence-electron chi connectivity index (χ4n) is 5.36. The van der Waals surface area contributed by atoms with Gasteiger partial charge in [-0.2, -0.15) is 0 Å². The quantitative estimate of drug-likeness (QED) is 0.401. The number of benzene rings is 2. The van der Waals surface area contributed by atoms with Gasteiger partial charge in [0.25, 0.3) is 11.8 Å². The second-order valence-electron chi connectivity index (χ2n) is 9.53. The third kappa shape index (κ3) is 5.76. The average molecular weight is 528 g/mol. The first kappa shape index (κ1) is 26.2. The van der Waals surface area contributed by atoms with Gasteiger partial charge in [0.2, 0.25) is 5.91 Å². The number of nitrogens with one attached hydrogen (secondary N) is 2. The van der Waals surface area contributed by atoms with Crippen molar-refractivity contribution in [3.63, 3.8) is 0 Å². The van der Waals surface area contributed by atoms with Crippen LogP contribution in [0.4, 0.5) is 5.69 Å². The number of hydrogen-bond donors (Lipinski definition) is 2. The van der Waals surface area contributed by atoms with Crippen LogP contribution in [0.5, 0.6) is 0 Å². The molecule has 4 unspecified atom stereocenters. The lowest BCUT2D eigenvalue weighted by Gasteiger charge is -2.39. The third-order valence-electron chi connectivity index (χ3n) is 7.21. The van der Waals surface area contributed by atoms with Gasteiger partial charge < -0.3 is 15.5 Å². The molecule has 0 bridgehead atoms. The predicted octanol–water partition coefficient (Wildman–Crippen LogP) is 5.44. The predicted molar refractivity (Wildman–Crippen MR) is 144 cm³/mol. The molecule has 1 aliphatic carbocycles. The number of allylic oxidation sites excluding steroid dienone is 1. The van der Waals surface area contributed by atoms with Gasteiger partial charge in [-0.05, 0) is 73.9 Å². The highest BCUT2D eigenvalue weighted by molar-refractivity contribution is 6.34. The lowest BCUT2D eigenvalue weighted by atomic mass is 9.76. The molecule has 1 heterocycles. The van der Waals surface area contributed by atoms with Gasteiger partial charge in [0, 0.05) is 31.3 Å². The number of carbonyl (C=O) groups is 3. The molecule has 0 radical (unpaired) electrons. The molecular formula is C28H31Cl2N3O3. The van der Waals surface area contributed by atoms with E-state index in [0.29, 0.717) is 34.8 Å². The minimum Gasteiger partial charge on any atom is -0.359 e. The molecule has 0 aromatic heterocycles. The fraction of sp³-hybridized carbons (Fsp3) is 0.393. The molecule has 2 aromatic rings. The van der Waals surface area contributed by atoms with Crippen LogP contribution in [0.15, 0.2) is 54.6 Å². The molecule has 2 aliphatic rings. The van der Waals surface area contributed by atoms with Gasteiger partial charge in [-0.25, -0.2) is 0 Å². The van der Waals surface area contributed by atoms with Crippen LogP contribution in [0.3, 0.4) is 0 Å². The summed E-state index contributed by atoms with van der Waals surface area (Å²) < 4.78 is 0. The molecule has 4 atom stereocenters. The van der Waals surface area contributed by atoms with Gasteiger partial charge in [-0.3, -0.25) is 14.4 Å². The average Bonchev–Trinajstić information content (AvgIpc) is 3.03. The van der Waals surface area contributed by atoms with Gasteiger partial charge in [0.1, 0.15) is 0 Å². The molecule has 8 heteroatoms. The molecule has 1 aliphatic heterocycles. The topological polar surface area (TPSA) is 78.5 Å². The standard InChI is InChI=1S/C28H31Cl2N3O3/c1-17-14-20(32-27(35)22-7-3-4-8-24(22)30)10-11-21(17)28(36)33-13-5-6-18(15-26(34)31-2)23-16-19(29)9-12-25(23)33/h3-4,7-12,14,18-19,23,25H,5-6,13,15-16H2,1-2H3,(H,31,34)(H,32,35). The van der Waals surface area contributed by atoms with Crippen molar-refractivity contribution in [2.45, 2.75) is 44.0 Å². The number of halogens is 2. The summed E-state index contributed by atoms with van der Waals surface area (Å²) in [4.78, 5) is 40.5. The van der Waals surface area contributed by atoms with Crippen LogP contribution in [0.25, 0.3) is 0 Å². The van der Waals surface area contributed by atoms with E-state index in [9.17, 15) is 14.4 Å². The van der Waals surface area contributed by atoms with Crippen LogP contribution in [-0.2, 0) is 4.79 Å². The Balaban J connectivity index is 1.54. The number of hydrogen-bond acceptors (Lipinski definition) is 3. The van der Waals surface area contributed by atoms with Gasteiger partial charge in [0.15, 0.2) is 0 Å². The van der Waals surface area contributed by atoms with Crippen molar-refractivity contribution < 1.29 is 14.4 Å². The van der Waals surface area contributed by atoms with Crippen LogP contribution >= 0.6 is 23.2 Å². The van der Waals surface area contributed by atoms with Crippen molar-refractivity contribution in [2.24, 2.45) is 11.8 Å². The molecule has 2 N–H and O–H groups in total. The SMILES string of the molecule is CNC(=O)CC1CCCN(C(=O)c2ccc(NC(=O)c3ccccc3Cl)cc2C)C2C=CC(Cl)CC12. The van der Waals surface area contributed by atoms with E-state index < -0.39 is 0 Å². The van der Waals surface area contributed by atoms with E-state index in [1.807, 2.05) is 24.0 Å². The molecule has 36 heavy (non-hydrogen) atoms. The Morgan fingerprint density at radius 1 is 1.08 bits per heavy atom. The number of aryl methyl sites for hydroxylation is 1. The number of rotatable bonds is 5. The lowest BCUT2D eigenvalue weighted by molar-refractivity contribution is -0.122. The molecule has 1 fully saturated rings. The first-order valence-electron chi connectivity index (χ1n) is 12.3. The lowest BCUT2D eigenvalue weighted by Crippen LogP contribution is -2.46. The van der Waals surface area contributed by atoms with Crippen molar-refractivity contribution in [1.82, 2.24) is 10.2 Å². The van der Waals surface area contributed by atoms with Crippen molar-refractivity contribution in [3.8, 4) is 0 Å². The summed E-state index contributed by atoms with van der Waals surface area (Å²) >= 11 is 12.6. The molecule has 0 spiro atoms. The smallest absolute Gasteiger partial charge is 0.257 e. The van der Waals surface area contributed by atoms with E-state index >= 15 is 0 Å². The Hall–Kier alpha value is -2.83. The highest BCUT2D eigenvalue weighted by atomic mass is 35.5. The van der Waals surface area contributed by atoms with Crippen molar-refractivity contribution in [1.29, 1.82) is 0 Å². The molecule has 3 amide bonds. The molecule has 4 rings (SSSR count). The summed E-state index contributed by atoms with van der Waals surface area (Å²) in [7, 11) is 1.65. The molecule has 190 valence electrons. The Bertz CT molecular complexity index is 1180. The van der Waals surface area contributed by atoms with Crippen LogP contribution in [-0.4, -0.2) is 47.6 Å². The van der Waals surface area contributed by atoms with E-state index in [1.165, 1.54) is 0 Å².